The highest BCUT2D eigenvalue weighted by Crippen LogP contribution is 2.28. The number of nitrogens with two attached hydrogens (primary N) is 1. The van der Waals surface area contributed by atoms with Gasteiger partial charge in [-0.15, -0.1) is 0 Å². The van der Waals surface area contributed by atoms with E-state index < -0.39 is 0 Å². The molecule has 3 nitrogen and oxygen atoms in total. The highest BCUT2D eigenvalue weighted by Gasteiger charge is 2.28. The Labute approximate surface area is 106 Å². The minimum absolute atomic E-state index is 0.200. The van der Waals surface area contributed by atoms with Crippen LogP contribution in [0.25, 0.3) is 0 Å². The van der Waals surface area contributed by atoms with Gasteiger partial charge in [-0.25, -0.2) is 0 Å². The standard InChI is InChI=1S/C14H28N2O/c1-4-12-6-5-11-16(12)13(17)7-8-14(2,3)9-10-15/h12H,4-11,15H2,1-3H3. The Bertz CT molecular complexity index is 251. The first-order valence-corrected chi connectivity index (χ1v) is 6.99. The van der Waals surface area contributed by atoms with E-state index in [0.717, 1.165) is 25.8 Å². The molecule has 0 aromatic rings. The summed E-state index contributed by atoms with van der Waals surface area (Å²) in [5, 5.41) is 0. The lowest BCUT2D eigenvalue weighted by molar-refractivity contribution is -0.132. The van der Waals surface area contributed by atoms with Crippen molar-refractivity contribution in [1.29, 1.82) is 0 Å². The second kappa shape index (κ2) is 6.39. The molecular formula is C14H28N2O. The summed E-state index contributed by atoms with van der Waals surface area (Å²) in [5.74, 6) is 0.347. The molecule has 1 unspecified atom stereocenters. The smallest absolute Gasteiger partial charge is 0.222 e. The molecule has 0 aromatic carbocycles. The molecule has 0 aliphatic carbocycles. The lowest BCUT2D eigenvalue weighted by Gasteiger charge is -2.27. The zero-order valence-electron chi connectivity index (χ0n) is 11.7. The summed E-state index contributed by atoms with van der Waals surface area (Å²) in [4.78, 5) is 14.3. The van der Waals surface area contributed by atoms with Gasteiger partial charge in [-0.05, 0) is 44.1 Å². The molecule has 1 fully saturated rings. The Kier molecular flexibility index (Phi) is 5.44. The highest BCUT2D eigenvalue weighted by atomic mass is 16.2. The molecule has 0 aromatic heterocycles. The zero-order valence-corrected chi connectivity index (χ0v) is 11.7. The Hall–Kier alpha value is -0.570. The van der Waals surface area contributed by atoms with Crippen LogP contribution in [0.2, 0.25) is 0 Å². The van der Waals surface area contributed by atoms with E-state index in [4.69, 9.17) is 5.73 Å². The summed E-state index contributed by atoms with van der Waals surface area (Å²) >= 11 is 0. The van der Waals surface area contributed by atoms with Crippen molar-refractivity contribution >= 4 is 5.91 Å². The van der Waals surface area contributed by atoms with Gasteiger partial charge in [0.2, 0.25) is 5.91 Å². The van der Waals surface area contributed by atoms with Gasteiger partial charge in [0.25, 0.3) is 0 Å². The third-order valence-electron chi connectivity index (χ3n) is 4.01. The lowest BCUT2D eigenvalue weighted by atomic mass is 9.84. The van der Waals surface area contributed by atoms with Gasteiger partial charge >= 0.3 is 0 Å². The van der Waals surface area contributed by atoms with Crippen LogP contribution in [0.15, 0.2) is 0 Å². The van der Waals surface area contributed by atoms with Crippen LogP contribution in [0.4, 0.5) is 0 Å². The van der Waals surface area contributed by atoms with E-state index in [1.165, 1.54) is 12.8 Å². The normalized spacial score (nSPS) is 20.9. The lowest BCUT2D eigenvalue weighted by Crippen LogP contribution is -2.35. The van der Waals surface area contributed by atoms with E-state index in [-0.39, 0.29) is 5.41 Å². The summed E-state index contributed by atoms with van der Waals surface area (Å²) in [5.41, 5.74) is 5.79. The number of nitrogens with zero attached hydrogens (tertiary/aromatic N) is 1. The van der Waals surface area contributed by atoms with E-state index in [2.05, 4.69) is 25.7 Å². The van der Waals surface area contributed by atoms with E-state index >= 15 is 0 Å². The molecule has 1 rings (SSSR count). The van der Waals surface area contributed by atoms with E-state index in [0.29, 0.717) is 24.9 Å². The van der Waals surface area contributed by atoms with Gasteiger partial charge in [-0.1, -0.05) is 20.8 Å². The van der Waals surface area contributed by atoms with Crippen LogP contribution in [0.1, 0.15) is 59.3 Å². The van der Waals surface area contributed by atoms with Crippen LogP contribution >= 0.6 is 0 Å². The van der Waals surface area contributed by atoms with Crippen molar-refractivity contribution in [2.75, 3.05) is 13.1 Å². The van der Waals surface area contributed by atoms with Crippen LogP contribution in [-0.4, -0.2) is 29.9 Å². The van der Waals surface area contributed by atoms with Crippen molar-refractivity contribution in [2.45, 2.75) is 65.3 Å². The van der Waals surface area contributed by atoms with Gasteiger partial charge in [-0.3, -0.25) is 4.79 Å². The molecular weight excluding hydrogens is 212 g/mol. The number of carbonyl (C=O) groups is 1. The minimum Gasteiger partial charge on any atom is -0.340 e. The van der Waals surface area contributed by atoms with Gasteiger partial charge < -0.3 is 10.6 Å². The van der Waals surface area contributed by atoms with E-state index in [1.807, 2.05) is 0 Å². The van der Waals surface area contributed by atoms with Crippen LogP contribution in [0, 0.1) is 5.41 Å². The summed E-state index contributed by atoms with van der Waals surface area (Å²) in [6.45, 7) is 8.26. The van der Waals surface area contributed by atoms with Gasteiger partial charge in [-0.2, -0.15) is 0 Å². The van der Waals surface area contributed by atoms with Crippen molar-refractivity contribution in [1.82, 2.24) is 4.90 Å². The van der Waals surface area contributed by atoms with Gasteiger partial charge in [0.1, 0.15) is 0 Å². The number of hydrogen-bond acceptors (Lipinski definition) is 2. The second-order valence-electron chi connectivity index (χ2n) is 5.99. The van der Waals surface area contributed by atoms with Crippen molar-refractivity contribution < 1.29 is 4.79 Å². The summed E-state index contributed by atoms with van der Waals surface area (Å²) in [6, 6.07) is 0.500. The van der Waals surface area contributed by atoms with Crippen molar-refractivity contribution in [3.63, 3.8) is 0 Å². The zero-order chi connectivity index (χ0) is 12.9. The Morgan fingerprint density at radius 3 is 2.71 bits per heavy atom. The molecule has 2 N–H and O–H groups in total. The largest absolute Gasteiger partial charge is 0.340 e. The molecule has 100 valence electrons. The molecule has 0 radical (unpaired) electrons. The molecule has 1 atom stereocenters. The molecule has 17 heavy (non-hydrogen) atoms. The minimum atomic E-state index is 0.200. The predicted octanol–water partition coefficient (Wildman–Crippen LogP) is 2.54. The third kappa shape index (κ3) is 4.30. The maximum Gasteiger partial charge on any atom is 0.222 e. The fraction of sp³-hybridized carbons (Fsp3) is 0.929. The molecule has 3 heteroatoms. The second-order valence-corrected chi connectivity index (χ2v) is 5.99. The summed E-state index contributed by atoms with van der Waals surface area (Å²) < 4.78 is 0. The summed E-state index contributed by atoms with van der Waals surface area (Å²) in [6.07, 6.45) is 6.10. The van der Waals surface area contributed by atoms with E-state index in [1.54, 1.807) is 0 Å². The fourth-order valence-electron chi connectivity index (χ4n) is 2.69. The van der Waals surface area contributed by atoms with Crippen LogP contribution in [0.3, 0.4) is 0 Å². The van der Waals surface area contributed by atoms with Gasteiger partial charge in [0, 0.05) is 19.0 Å². The first-order chi connectivity index (χ1) is 8.00. The number of likely N-dealkylation sites (tertiary alicyclic amines) is 1. The average molecular weight is 240 g/mol. The van der Waals surface area contributed by atoms with Crippen LogP contribution in [0.5, 0.6) is 0 Å². The van der Waals surface area contributed by atoms with Crippen LogP contribution < -0.4 is 5.73 Å². The molecule has 1 saturated heterocycles. The third-order valence-corrected chi connectivity index (χ3v) is 4.01. The quantitative estimate of drug-likeness (QED) is 0.775. The molecule has 0 spiro atoms. The first-order valence-electron chi connectivity index (χ1n) is 6.99. The van der Waals surface area contributed by atoms with Gasteiger partial charge in [0.05, 0.1) is 0 Å². The summed E-state index contributed by atoms with van der Waals surface area (Å²) in [7, 11) is 0. The molecule has 1 aliphatic rings. The maximum atomic E-state index is 12.2. The molecule has 1 amide bonds. The fourth-order valence-corrected chi connectivity index (χ4v) is 2.69. The topological polar surface area (TPSA) is 46.3 Å². The molecule has 0 bridgehead atoms. The predicted molar refractivity (Wildman–Crippen MR) is 71.7 cm³/mol. The highest BCUT2D eigenvalue weighted by molar-refractivity contribution is 5.76. The number of hydrogen-bond donors (Lipinski definition) is 1. The van der Waals surface area contributed by atoms with Crippen molar-refractivity contribution in [3.05, 3.63) is 0 Å². The molecule has 1 aliphatic heterocycles. The monoisotopic (exact) mass is 240 g/mol. The number of carbonyl (C=O) groups excluding carboxylic acids is 1. The molecule has 0 saturated carbocycles. The molecule has 1 heterocycles. The van der Waals surface area contributed by atoms with E-state index in [9.17, 15) is 4.79 Å². The Morgan fingerprint density at radius 1 is 1.41 bits per heavy atom. The van der Waals surface area contributed by atoms with Crippen LogP contribution in [-0.2, 0) is 4.79 Å². The number of amides is 1. The first kappa shape index (κ1) is 14.5. The Morgan fingerprint density at radius 2 is 2.12 bits per heavy atom. The maximum absolute atomic E-state index is 12.2. The average Bonchev–Trinajstić information content (AvgIpc) is 2.74. The number of rotatable bonds is 6. The van der Waals surface area contributed by atoms with Crippen molar-refractivity contribution in [2.24, 2.45) is 11.1 Å². The van der Waals surface area contributed by atoms with Gasteiger partial charge in [0.15, 0.2) is 0 Å². The SMILES string of the molecule is CCC1CCCN1C(=O)CCC(C)(C)CCN. The Balaban J connectivity index is 2.39. The van der Waals surface area contributed by atoms with Crippen molar-refractivity contribution in [3.8, 4) is 0 Å².